The molecule has 2 heterocycles. The molecule has 1 fully saturated rings. The monoisotopic (exact) mass is 426 g/mol. The Morgan fingerprint density at radius 2 is 1.88 bits per heavy atom. The Labute approximate surface area is 187 Å². The summed E-state index contributed by atoms with van der Waals surface area (Å²) < 4.78 is 3.96. The Morgan fingerprint density at radius 3 is 2.62 bits per heavy atom. The molecule has 0 radical (unpaired) electrons. The predicted octanol–water partition coefficient (Wildman–Crippen LogP) is 3.81. The molecule has 0 unspecified atom stereocenters. The van der Waals surface area contributed by atoms with Crippen LogP contribution in [0, 0.1) is 6.92 Å². The molecule has 1 saturated carbocycles. The SMILES string of the molecule is Cc1ccc(-c2nn(Cc3ccccc3)cc2C(=O)NCCc2nncn2C2CC2)cc1. The minimum Gasteiger partial charge on any atom is -0.351 e. The smallest absolute Gasteiger partial charge is 0.255 e. The van der Waals surface area contributed by atoms with Gasteiger partial charge in [0.05, 0.1) is 12.1 Å². The molecule has 4 aromatic rings. The van der Waals surface area contributed by atoms with E-state index < -0.39 is 0 Å². The summed E-state index contributed by atoms with van der Waals surface area (Å²) in [6.45, 7) is 3.16. The molecule has 1 N–H and O–H groups in total. The van der Waals surface area contributed by atoms with E-state index in [0.29, 0.717) is 36.8 Å². The maximum absolute atomic E-state index is 13.1. The molecule has 1 amide bonds. The van der Waals surface area contributed by atoms with Crippen LogP contribution in [0.2, 0.25) is 0 Å². The molecule has 0 bridgehead atoms. The number of aryl methyl sites for hydroxylation is 1. The summed E-state index contributed by atoms with van der Waals surface area (Å²) in [7, 11) is 0. The van der Waals surface area contributed by atoms with E-state index >= 15 is 0 Å². The lowest BCUT2D eigenvalue weighted by molar-refractivity contribution is 0.0954. The van der Waals surface area contributed by atoms with Crippen molar-refractivity contribution >= 4 is 5.91 Å². The minimum atomic E-state index is -0.127. The lowest BCUT2D eigenvalue weighted by Crippen LogP contribution is -2.26. The molecule has 32 heavy (non-hydrogen) atoms. The number of benzene rings is 2. The Bertz CT molecular complexity index is 1200. The van der Waals surface area contributed by atoms with Gasteiger partial charge in [0.2, 0.25) is 0 Å². The van der Waals surface area contributed by atoms with Crippen LogP contribution >= 0.6 is 0 Å². The van der Waals surface area contributed by atoms with Crippen LogP contribution in [0.5, 0.6) is 0 Å². The number of aromatic nitrogens is 5. The normalized spacial score (nSPS) is 13.3. The zero-order valence-corrected chi connectivity index (χ0v) is 18.1. The van der Waals surface area contributed by atoms with Gasteiger partial charge in [0.15, 0.2) is 0 Å². The van der Waals surface area contributed by atoms with E-state index in [1.165, 1.54) is 18.4 Å². The van der Waals surface area contributed by atoms with E-state index in [1.807, 2.05) is 60.3 Å². The van der Waals surface area contributed by atoms with Gasteiger partial charge >= 0.3 is 0 Å². The van der Waals surface area contributed by atoms with Crippen molar-refractivity contribution in [2.24, 2.45) is 0 Å². The van der Waals surface area contributed by atoms with Crippen molar-refractivity contribution in [2.75, 3.05) is 6.54 Å². The second-order valence-electron chi connectivity index (χ2n) is 8.33. The molecule has 0 atom stereocenters. The summed E-state index contributed by atoms with van der Waals surface area (Å²) >= 11 is 0. The Hall–Kier alpha value is -3.74. The number of hydrogen-bond acceptors (Lipinski definition) is 4. The summed E-state index contributed by atoms with van der Waals surface area (Å²) in [5.74, 6) is 0.795. The molecule has 162 valence electrons. The topological polar surface area (TPSA) is 77.6 Å². The van der Waals surface area contributed by atoms with E-state index in [1.54, 1.807) is 6.33 Å². The molecular weight excluding hydrogens is 400 g/mol. The van der Waals surface area contributed by atoms with Gasteiger partial charge in [-0.15, -0.1) is 10.2 Å². The van der Waals surface area contributed by atoms with E-state index in [-0.39, 0.29) is 5.91 Å². The summed E-state index contributed by atoms with van der Waals surface area (Å²) in [4.78, 5) is 13.1. The number of rotatable bonds is 8. The Balaban J connectivity index is 1.34. The fraction of sp³-hybridized carbons (Fsp3) is 0.280. The molecule has 1 aliphatic carbocycles. The van der Waals surface area contributed by atoms with Crippen molar-refractivity contribution in [2.45, 2.75) is 38.8 Å². The molecule has 0 saturated heterocycles. The summed E-state index contributed by atoms with van der Waals surface area (Å²) in [5, 5.41) is 16.1. The number of carbonyl (C=O) groups is 1. The van der Waals surface area contributed by atoms with E-state index in [9.17, 15) is 4.79 Å². The van der Waals surface area contributed by atoms with Crippen LogP contribution in [0.25, 0.3) is 11.3 Å². The van der Waals surface area contributed by atoms with Gasteiger partial charge in [-0.05, 0) is 25.3 Å². The highest BCUT2D eigenvalue weighted by Crippen LogP contribution is 2.35. The second kappa shape index (κ2) is 8.78. The van der Waals surface area contributed by atoms with Gasteiger partial charge in [0.25, 0.3) is 5.91 Å². The average Bonchev–Trinajstić information content (AvgIpc) is 3.40. The highest BCUT2D eigenvalue weighted by Gasteiger charge is 2.26. The van der Waals surface area contributed by atoms with Gasteiger partial charge in [-0.25, -0.2) is 0 Å². The first-order valence-electron chi connectivity index (χ1n) is 11.0. The van der Waals surface area contributed by atoms with Crippen molar-refractivity contribution in [3.8, 4) is 11.3 Å². The van der Waals surface area contributed by atoms with Crippen LogP contribution in [0.15, 0.2) is 67.1 Å². The highest BCUT2D eigenvalue weighted by atomic mass is 16.1. The Kier molecular flexibility index (Phi) is 5.54. The zero-order valence-electron chi connectivity index (χ0n) is 18.1. The van der Waals surface area contributed by atoms with Crippen LogP contribution in [-0.4, -0.2) is 37.0 Å². The molecule has 2 aromatic carbocycles. The first-order valence-corrected chi connectivity index (χ1v) is 11.0. The van der Waals surface area contributed by atoms with Gasteiger partial charge in [0, 0.05) is 30.8 Å². The van der Waals surface area contributed by atoms with Gasteiger partial charge < -0.3 is 9.88 Å². The minimum absolute atomic E-state index is 0.127. The summed E-state index contributed by atoms with van der Waals surface area (Å²) in [6, 6.07) is 18.8. The molecule has 5 rings (SSSR count). The molecule has 0 spiro atoms. The van der Waals surface area contributed by atoms with Gasteiger partial charge in [-0.1, -0.05) is 60.2 Å². The number of nitrogens with one attached hydrogen (secondary N) is 1. The molecule has 1 aliphatic rings. The molecule has 7 heteroatoms. The average molecular weight is 427 g/mol. The molecule has 0 aliphatic heterocycles. The maximum Gasteiger partial charge on any atom is 0.255 e. The maximum atomic E-state index is 13.1. The van der Waals surface area contributed by atoms with Crippen LogP contribution in [0.3, 0.4) is 0 Å². The largest absolute Gasteiger partial charge is 0.351 e. The predicted molar refractivity (Wildman–Crippen MR) is 122 cm³/mol. The van der Waals surface area contributed by atoms with Crippen LogP contribution < -0.4 is 5.32 Å². The fourth-order valence-corrected chi connectivity index (χ4v) is 3.85. The first kappa shape index (κ1) is 20.2. The molecular formula is C25H26N6O. The zero-order chi connectivity index (χ0) is 21.9. The third-order valence-corrected chi connectivity index (χ3v) is 5.74. The van der Waals surface area contributed by atoms with Crippen molar-refractivity contribution in [1.29, 1.82) is 0 Å². The highest BCUT2D eigenvalue weighted by molar-refractivity contribution is 5.99. The third kappa shape index (κ3) is 4.46. The number of amides is 1. The van der Waals surface area contributed by atoms with Gasteiger partial charge in [-0.3, -0.25) is 9.48 Å². The molecule has 2 aromatic heterocycles. The fourth-order valence-electron chi connectivity index (χ4n) is 3.85. The first-order chi connectivity index (χ1) is 15.7. The van der Waals surface area contributed by atoms with Crippen LogP contribution in [-0.2, 0) is 13.0 Å². The van der Waals surface area contributed by atoms with Gasteiger partial charge in [-0.2, -0.15) is 5.10 Å². The number of carbonyl (C=O) groups excluding carboxylic acids is 1. The lowest BCUT2D eigenvalue weighted by Gasteiger charge is -2.07. The quantitative estimate of drug-likeness (QED) is 0.465. The van der Waals surface area contributed by atoms with E-state index in [2.05, 4.69) is 32.2 Å². The molecule has 7 nitrogen and oxygen atoms in total. The summed E-state index contributed by atoms with van der Waals surface area (Å²) in [5.41, 5.74) is 4.51. The Morgan fingerprint density at radius 1 is 1.09 bits per heavy atom. The number of nitrogens with zero attached hydrogens (tertiary/aromatic N) is 5. The van der Waals surface area contributed by atoms with Crippen LogP contribution in [0.1, 0.15) is 46.2 Å². The van der Waals surface area contributed by atoms with Gasteiger partial charge in [0.1, 0.15) is 17.8 Å². The van der Waals surface area contributed by atoms with Crippen molar-refractivity contribution in [1.82, 2.24) is 29.9 Å². The lowest BCUT2D eigenvalue weighted by atomic mass is 10.1. The number of hydrogen-bond donors (Lipinski definition) is 1. The van der Waals surface area contributed by atoms with E-state index in [4.69, 9.17) is 5.10 Å². The summed E-state index contributed by atoms with van der Waals surface area (Å²) in [6.07, 6.45) is 6.64. The second-order valence-corrected chi connectivity index (χ2v) is 8.33. The standard InChI is InChI=1S/C25H26N6O/c1-18-7-9-20(10-8-18)24-22(16-30(29-24)15-19-5-3-2-4-6-19)25(32)26-14-13-23-28-27-17-31(23)21-11-12-21/h2-10,16-17,21H,11-15H2,1H3,(H,26,32). The van der Waals surface area contributed by atoms with Crippen LogP contribution in [0.4, 0.5) is 0 Å². The van der Waals surface area contributed by atoms with E-state index in [0.717, 1.165) is 17.0 Å². The van der Waals surface area contributed by atoms with Crippen molar-refractivity contribution in [3.05, 3.63) is 89.6 Å². The van der Waals surface area contributed by atoms with Crippen molar-refractivity contribution < 1.29 is 4.79 Å². The third-order valence-electron chi connectivity index (χ3n) is 5.74. The van der Waals surface area contributed by atoms with Crippen molar-refractivity contribution in [3.63, 3.8) is 0 Å².